The van der Waals surface area contributed by atoms with Gasteiger partial charge >= 0.3 is 12.1 Å². The first-order chi connectivity index (χ1) is 9.79. The molecule has 0 saturated heterocycles. The maximum absolute atomic E-state index is 12.9. The number of benzene rings is 2. The van der Waals surface area contributed by atoms with Crippen molar-refractivity contribution in [3.05, 3.63) is 53.6 Å². The van der Waals surface area contributed by atoms with Gasteiger partial charge in [0.25, 0.3) is 0 Å². The largest absolute Gasteiger partial charge is 0.422 e. The van der Waals surface area contributed by atoms with Crippen molar-refractivity contribution >= 4 is 17.3 Å². The van der Waals surface area contributed by atoms with Gasteiger partial charge in [0, 0.05) is 11.4 Å². The minimum Gasteiger partial charge on any atom is -0.422 e. The highest BCUT2D eigenvalue weighted by molar-refractivity contribution is 5.91. The van der Waals surface area contributed by atoms with E-state index in [0.29, 0.717) is 5.69 Å². The molecule has 110 valence electrons. The van der Waals surface area contributed by atoms with E-state index >= 15 is 0 Å². The molecule has 2 aromatic rings. The zero-order valence-electron chi connectivity index (χ0n) is 10.6. The van der Waals surface area contributed by atoms with Crippen LogP contribution in [0.25, 0.3) is 0 Å². The van der Waals surface area contributed by atoms with Gasteiger partial charge in [0.15, 0.2) is 0 Å². The van der Waals surface area contributed by atoms with Gasteiger partial charge in [-0.2, -0.15) is 13.2 Å². The Labute approximate surface area is 118 Å². The molecule has 0 atom stereocenters. The van der Waals surface area contributed by atoms with Crippen LogP contribution in [0.3, 0.4) is 0 Å². The number of halogens is 3. The second-order valence-electron chi connectivity index (χ2n) is 4.23. The number of carbonyl (C=O) groups excluding carboxylic acids is 1. The number of nitrogen functional groups attached to an aromatic ring is 2. The molecule has 0 heterocycles. The molecule has 2 rings (SSSR count). The molecule has 0 bridgehead atoms. The van der Waals surface area contributed by atoms with Crippen LogP contribution >= 0.6 is 0 Å². The summed E-state index contributed by atoms with van der Waals surface area (Å²) < 4.78 is 43.6. The fraction of sp³-hybridized carbons (Fsp3) is 0.0714. The minimum atomic E-state index is -4.72. The summed E-state index contributed by atoms with van der Waals surface area (Å²) in [7, 11) is 0. The van der Waals surface area contributed by atoms with Crippen molar-refractivity contribution in [2.75, 3.05) is 11.5 Å². The quantitative estimate of drug-likeness (QED) is 0.507. The molecular weight excluding hydrogens is 285 g/mol. The Balaban J connectivity index is 2.34. The standard InChI is InChI=1S/C14H11F3N2O2/c15-14(16,17)12-10(19)2-1-3-11(12)21-13(20)8-4-6-9(18)7-5-8/h1-7H,18-19H2. The number of carbonyl (C=O) groups is 1. The van der Waals surface area contributed by atoms with E-state index in [1.165, 1.54) is 30.3 Å². The van der Waals surface area contributed by atoms with Crippen molar-refractivity contribution in [2.45, 2.75) is 6.18 Å². The van der Waals surface area contributed by atoms with Gasteiger partial charge in [0.05, 0.1) is 5.56 Å². The fourth-order valence-corrected chi connectivity index (χ4v) is 1.71. The van der Waals surface area contributed by atoms with E-state index in [-0.39, 0.29) is 5.56 Å². The lowest BCUT2D eigenvalue weighted by Gasteiger charge is -2.14. The highest BCUT2D eigenvalue weighted by Crippen LogP contribution is 2.40. The Morgan fingerprint density at radius 2 is 1.62 bits per heavy atom. The normalized spacial score (nSPS) is 11.2. The highest BCUT2D eigenvalue weighted by Gasteiger charge is 2.37. The van der Waals surface area contributed by atoms with Crippen LogP contribution in [0.15, 0.2) is 42.5 Å². The van der Waals surface area contributed by atoms with Crippen molar-refractivity contribution < 1.29 is 22.7 Å². The number of hydrogen-bond donors (Lipinski definition) is 2. The zero-order valence-corrected chi connectivity index (χ0v) is 10.6. The van der Waals surface area contributed by atoms with Crippen LogP contribution in [-0.4, -0.2) is 5.97 Å². The Morgan fingerprint density at radius 3 is 2.19 bits per heavy atom. The third kappa shape index (κ3) is 3.25. The maximum atomic E-state index is 12.9. The number of hydrogen-bond acceptors (Lipinski definition) is 4. The maximum Gasteiger partial charge on any atom is 0.421 e. The van der Waals surface area contributed by atoms with Gasteiger partial charge in [-0.1, -0.05) is 6.07 Å². The Bertz CT molecular complexity index is 667. The van der Waals surface area contributed by atoms with E-state index in [0.717, 1.165) is 12.1 Å². The number of ether oxygens (including phenoxy) is 1. The summed E-state index contributed by atoms with van der Waals surface area (Å²) in [6, 6.07) is 9.00. The van der Waals surface area contributed by atoms with Crippen LogP contribution in [0.5, 0.6) is 5.75 Å². The van der Waals surface area contributed by atoms with E-state index in [1.807, 2.05) is 0 Å². The second-order valence-corrected chi connectivity index (χ2v) is 4.23. The molecular formula is C14H11F3N2O2. The molecule has 7 heteroatoms. The molecule has 4 N–H and O–H groups in total. The molecule has 0 fully saturated rings. The Morgan fingerprint density at radius 1 is 1.00 bits per heavy atom. The predicted octanol–water partition coefficient (Wildman–Crippen LogP) is 3.09. The summed E-state index contributed by atoms with van der Waals surface area (Å²) >= 11 is 0. The van der Waals surface area contributed by atoms with E-state index in [4.69, 9.17) is 16.2 Å². The van der Waals surface area contributed by atoms with E-state index < -0.39 is 29.1 Å². The first kappa shape index (κ1) is 14.7. The van der Waals surface area contributed by atoms with Gasteiger partial charge < -0.3 is 16.2 Å². The predicted molar refractivity (Wildman–Crippen MR) is 71.7 cm³/mol. The fourth-order valence-electron chi connectivity index (χ4n) is 1.71. The summed E-state index contributed by atoms with van der Waals surface area (Å²) in [5, 5.41) is 0. The highest BCUT2D eigenvalue weighted by atomic mass is 19.4. The Kier molecular flexibility index (Phi) is 3.75. The van der Waals surface area contributed by atoms with Crippen molar-refractivity contribution in [3.8, 4) is 5.75 Å². The molecule has 2 aromatic carbocycles. The van der Waals surface area contributed by atoms with Crippen LogP contribution in [0.2, 0.25) is 0 Å². The number of anilines is 2. The average Bonchev–Trinajstić information content (AvgIpc) is 2.37. The monoisotopic (exact) mass is 296 g/mol. The number of esters is 1. The third-order valence-corrected chi connectivity index (χ3v) is 2.69. The lowest BCUT2D eigenvalue weighted by molar-refractivity contribution is -0.137. The first-order valence-corrected chi connectivity index (χ1v) is 5.82. The molecule has 0 amide bonds. The summed E-state index contributed by atoms with van der Waals surface area (Å²) in [5.74, 6) is -1.56. The van der Waals surface area contributed by atoms with E-state index in [1.54, 1.807) is 0 Å². The number of alkyl halides is 3. The van der Waals surface area contributed by atoms with Crippen molar-refractivity contribution in [3.63, 3.8) is 0 Å². The molecule has 0 aliphatic heterocycles. The lowest BCUT2D eigenvalue weighted by atomic mass is 10.1. The Hall–Kier alpha value is -2.70. The molecule has 4 nitrogen and oxygen atoms in total. The van der Waals surface area contributed by atoms with Crippen LogP contribution in [-0.2, 0) is 6.18 Å². The van der Waals surface area contributed by atoms with Gasteiger partial charge in [0.1, 0.15) is 11.3 Å². The van der Waals surface area contributed by atoms with Gasteiger partial charge in [-0.05, 0) is 36.4 Å². The molecule has 0 unspecified atom stereocenters. The van der Waals surface area contributed by atoms with E-state index in [2.05, 4.69) is 0 Å². The van der Waals surface area contributed by atoms with Crippen LogP contribution in [0.4, 0.5) is 24.5 Å². The summed E-state index contributed by atoms with van der Waals surface area (Å²) in [4.78, 5) is 11.8. The molecule has 0 radical (unpaired) electrons. The summed E-state index contributed by atoms with van der Waals surface area (Å²) in [6.45, 7) is 0. The molecule has 0 saturated carbocycles. The SMILES string of the molecule is Nc1ccc(C(=O)Oc2cccc(N)c2C(F)(F)F)cc1. The average molecular weight is 296 g/mol. The zero-order chi connectivity index (χ0) is 15.6. The van der Waals surface area contributed by atoms with Crippen LogP contribution in [0, 0.1) is 0 Å². The van der Waals surface area contributed by atoms with Crippen molar-refractivity contribution in [1.82, 2.24) is 0 Å². The smallest absolute Gasteiger partial charge is 0.421 e. The van der Waals surface area contributed by atoms with Crippen molar-refractivity contribution in [2.24, 2.45) is 0 Å². The first-order valence-electron chi connectivity index (χ1n) is 5.82. The molecule has 21 heavy (non-hydrogen) atoms. The van der Waals surface area contributed by atoms with Gasteiger partial charge in [-0.15, -0.1) is 0 Å². The summed E-state index contributed by atoms with van der Waals surface area (Å²) in [5.41, 5.74) is 9.60. The van der Waals surface area contributed by atoms with Gasteiger partial charge in [-0.25, -0.2) is 4.79 Å². The molecule has 0 aliphatic carbocycles. The minimum absolute atomic E-state index is 0.0831. The number of nitrogens with two attached hydrogens (primary N) is 2. The summed E-state index contributed by atoms with van der Waals surface area (Å²) in [6.07, 6.45) is -4.72. The number of rotatable bonds is 2. The topological polar surface area (TPSA) is 78.3 Å². The second kappa shape index (κ2) is 5.35. The van der Waals surface area contributed by atoms with Crippen LogP contribution < -0.4 is 16.2 Å². The van der Waals surface area contributed by atoms with Gasteiger partial charge in [-0.3, -0.25) is 0 Å². The van der Waals surface area contributed by atoms with Crippen molar-refractivity contribution in [1.29, 1.82) is 0 Å². The third-order valence-electron chi connectivity index (χ3n) is 2.69. The van der Waals surface area contributed by atoms with Crippen LogP contribution in [0.1, 0.15) is 15.9 Å². The molecule has 0 spiro atoms. The van der Waals surface area contributed by atoms with Gasteiger partial charge in [0.2, 0.25) is 0 Å². The van der Waals surface area contributed by atoms with E-state index in [9.17, 15) is 18.0 Å². The molecule has 0 aliphatic rings. The lowest BCUT2D eigenvalue weighted by Crippen LogP contribution is -2.15. The molecule has 0 aromatic heterocycles.